The second-order valence-electron chi connectivity index (χ2n) is 5.39. The van der Waals surface area contributed by atoms with Crippen molar-refractivity contribution < 1.29 is 9.72 Å². The van der Waals surface area contributed by atoms with Crippen LogP contribution >= 0.6 is 11.6 Å². The van der Waals surface area contributed by atoms with Crippen LogP contribution in [0.25, 0.3) is 0 Å². The number of carbonyl (C=O) groups excluding carboxylic acids is 1. The summed E-state index contributed by atoms with van der Waals surface area (Å²) in [6.45, 7) is 2.19. The summed E-state index contributed by atoms with van der Waals surface area (Å²) in [5.74, 6) is 0.489. The first kappa shape index (κ1) is 16.2. The summed E-state index contributed by atoms with van der Waals surface area (Å²) in [6, 6.07) is 9.71. The van der Waals surface area contributed by atoms with E-state index in [1.165, 1.54) is 18.2 Å². The van der Waals surface area contributed by atoms with Crippen molar-refractivity contribution in [3.8, 4) is 0 Å². The first-order valence-corrected chi connectivity index (χ1v) is 7.83. The van der Waals surface area contributed by atoms with E-state index in [0.29, 0.717) is 31.2 Å². The van der Waals surface area contributed by atoms with Crippen LogP contribution < -0.4 is 4.90 Å². The number of halogens is 1. The summed E-state index contributed by atoms with van der Waals surface area (Å²) in [4.78, 5) is 31.2. The number of pyridine rings is 1. The van der Waals surface area contributed by atoms with E-state index < -0.39 is 4.92 Å². The van der Waals surface area contributed by atoms with Crippen molar-refractivity contribution in [2.75, 3.05) is 31.1 Å². The minimum atomic E-state index is -0.562. The molecule has 7 nitrogen and oxygen atoms in total. The number of nitrogens with zero attached hydrogens (tertiary/aromatic N) is 4. The van der Waals surface area contributed by atoms with E-state index in [4.69, 9.17) is 11.6 Å². The highest BCUT2D eigenvalue weighted by atomic mass is 35.5. The van der Waals surface area contributed by atoms with Gasteiger partial charge in [0.15, 0.2) is 0 Å². The van der Waals surface area contributed by atoms with Crippen molar-refractivity contribution in [3.63, 3.8) is 0 Å². The molecule has 0 bridgehead atoms. The Morgan fingerprint density at radius 3 is 2.54 bits per heavy atom. The zero-order valence-electron chi connectivity index (χ0n) is 12.8. The lowest BCUT2D eigenvalue weighted by Gasteiger charge is -2.35. The first-order chi connectivity index (χ1) is 11.6. The monoisotopic (exact) mass is 346 g/mol. The van der Waals surface area contributed by atoms with Crippen LogP contribution in [0.5, 0.6) is 0 Å². The Hall–Kier alpha value is -2.67. The molecule has 0 unspecified atom stereocenters. The molecule has 2 heterocycles. The van der Waals surface area contributed by atoms with Crippen molar-refractivity contribution >= 4 is 29.0 Å². The summed E-state index contributed by atoms with van der Waals surface area (Å²) < 4.78 is 0. The van der Waals surface area contributed by atoms with Gasteiger partial charge in [0.05, 0.1) is 4.92 Å². The maximum atomic E-state index is 12.6. The Morgan fingerprint density at radius 1 is 1.17 bits per heavy atom. The molecule has 1 amide bonds. The maximum absolute atomic E-state index is 12.6. The fourth-order valence-corrected chi connectivity index (χ4v) is 2.86. The molecule has 124 valence electrons. The number of piperazine rings is 1. The summed E-state index contributed by atoms with van der Waals surface area (Å²) in [7, 11) is 0. The molecule has 2 aromatic rings. The number of nitro groups is 1. The predicted octanol–water partition coefficient (Wildman–Crippen LogP) is 2.61. The number of nitro benzene ring substituents is 1. The van der Waals surface area contributed by atoms with Gasteiger partial charge in [-0.15, -0.1) is 0 Å². The van der Waals surface area contributed by atoms with E-state index in [1.54, 1.807) is 11.1 Å². The second-order valence-corrected chi connectivity index (χ2v) is 5.82. The van der Waals surface area contributed by atoms with Crippen molar-refractivity contribution in [1.29, 1.82) is 0 Å². The van der Waals surface area contributed by atoms with E-state index in [9.17, 15) is 14.9 Å². The molecule has 1 aromatic heterocycles. The first-order valence-electron chi connectivity index (χ1n) is 7.45. The zero-order valence-corrected chi connectivity index (χ0v) is 13.5. The minimum Gasteiger partial charge on any atom is -0.353 e. The molecule has 1 aromatic carbocycles. The van der Waals surface area contributed by atoms with Gasteiger partial charge in [-0.1, -0.05) is 17.7 Å². The average Bonchev–Trinajstić information content (AvgIpc) is 2.61. The molecule has 24 heavy (non-hydrogen) atoms. The van der Waals surface area contributed by atoms with Crippen molar-refractivity contribution in [3.05, 3.63) is 63.3 Å². The molecule has 1 aliphatic rings. The fraction of sp³-hybridized carbons (Fsp3) is 0.250. The van der Waals surface area contributed by atoms with Crippen LogP contribution in [-0.2, 0) is 0 Å². The average molecular weight is 347 g/mol. The van der Waals surface area contributed by atoms with Crippen molar-refractivity contribution in [1.82, 2.24) is 9.88 Å². The van der Waals surface area contributed by atoms with Crippen LogP contribution in [0.2, 0.25) is 5.02 Å². The predicted molar refractivity (Wildman–Crippen MR) is 90.5 cm³/mol. The molecular formula is C16H15ClN4O3. The van der Waals surface area contributed by atoms with Crippen LogP contribution in [0.1, 0.15) is 10.4 Å². The molecule has 0 spiro atoms. The Labute approximate surface area is 143 Å². The van der Waals surface area contributed by atoms with Gasteiger partial charge < -0.3 is 9.80 Å². The van der Waals surface area contributed by atoms with Gasteiger partial charge >= 0.3 is 0 Å². The van der Waals surface area contributed by atoms with Crippen LogP contribution in [0, 0.1) is 10.1 Å². The van der Waals surface area contributed by atoms with Gasteiger partial charge in [-0.25, -0.2) is 4.98 Å². The Bertz CT molecular complexity index is 761. The number of amides is 1. The largest absolute Gasteiger partial charge is 0.353 e. The van der Waals surface area contributed by atoms with Gasteiger partial charge in [0.2, 0.25) is 0 Å². The van der Waals surface area contributed by atoms with Gasteiger partial charge in [0.25, 0.3) is 11.6 Å². The Kier molecular flexibility index (Phi) is 4.61. The third kappa shape index (κ3) is 3.30. The highest BCUT2D eigenvalue weighted by molar-refractivity contribution is 6.31. The van der Waals surface area contributed by atoms with Gasteiger partial charge in [0, 0.05) is 43.5 Å². The van der Waals surface area contributed by atoms with Crippen LogP contribution in [0.4, 0.5) is 11.5 Å². The molecule has 0 radical (unpaired) electrons. The number of hydrogen-bond acceptors (Lipinski definition) is 5. The van der Waals surface area contributed by atoms with Crippen molar-refractivity contribution in [2.45, 2.75) is 0 Å². The number of anilines is 1. The normalized spacial score (nSPS) is 14.5. The van der Waals surface area contributed by atoms with E-state index in [2.05, 4.69) is 9.88 Å². The van der Waals surface area contributed by atoms with E-state index in [1.807, 2.05) is 18.2 Å². The SMILES string of the molecule is O=C(c1cc(Cl)ccc1[N+](=O)[O-])N1CCN(c2ccccn2)CC1. The quantitative estimate of drug-likeness (QED) is 0.630. The molecule has 0 N–H and O–H groups in total. The molecule has 0 aliphatic carbocycles. The van der Waals surface area contributed by atoms with Gasteiger partial charge in [0.1, 0.15) is 11.4 Å². The number of carbonyl (C=O) groups is 1. The van der Waals surface area contributed by atoms with Crippen molar-refractivity contribution in [2.24, 2.45) is 0 Å². The number of benzene rings is 1. The smallest absolute Gasteiger partial charge is 0.282 e. The third-order valence-electron chi connectivity index (χ3n) is 3.93. The summed E-state index contributed by atoms with van der Waals surface area (Å²) in [5.41, 5.74) is -0.199. The molecule has 3 rings (SSSR count). The second kappa shape index (κ2) is 6.84. The molecule has 0 saturated carbocycles. The van der Waals surface area contributed by atoms with Gasteiger partial charge in [-0.05, 0) is 24.3 Å². The van der Waals surface area contributed by atoms with Crippen LogP contribution in [0.15, 0.2) is 42.6 Å². The zero-order chi connectivity index (χ0) is 17.1. The maximum Gasteiger partial charge on any atom is 0.282 e. The van der Waals surface area contributed by atoms with Gasteiger partial charge in [-0.3, -0.25) is 14.9 Å². The van der Waals surface area contributed by atoms with Gasteiger partial charge in [-0.2, -0.15) is 0 Å². The molecule has 1 saturated heterocycles. The molecule has 0 atom stereocenters. The molecule has 1 fully saturated rings. The topological polar surface area (TPSA) is 79.6 Å². The molecular weight excluding hydrogens is 332 g/mol. The Balaban J connectivity index is 1.74. The van der Waals surface area contributed by atoms with E-state index in [0.717, 1.165) is 5.82 Å². The third-order valence-corrected chi connectivity index (χ3v) is 4.16. The van der Waals surface area contributed by atoms with E-state index >= 15 is 0 Å². The minimum absolute atomic E-state index is 0.0267. The standard InChI is InChI=1S/C16H15ClN4O3/c17-12-4-5-14(21(23)24)13(11-12)16(22)20-9-7-19(8-10-20)15-3-1-2-6-18-15/h1-6,11H,7-10H2. The van der Waals surface area contributed by atoms with Crippen LogP contribution in [0.3, 0.4) is 0 Å². The highest BCUT2D eigenvalue weighted by Gasteiger charge is 2.28. The van der Waals surface area contributed by atoms with Crippen LogP contribution in [-0.4, -0.2) is 46.9 Å². The summed E-state index contributed by atoms with van der Waals surface area (Å²) >= 11 is 5.90. The number of aromatic nitrogens is 1. The lowest BCUT2D eigenvalue weighted by molar-refractivity contribution is -0.385. The number of hydrogen-bond donors (Lipinski definition) is 0. The fourth-order valence-electron chi connectivity index (χ4n) is 2.69. The highest BCUT2D eigenvalue weighted by Crippen LogP contribution is 2.25. The number of rotatable bonds is 3. The lowest BCUT2D eigenvalue weighted by Crippen LogP contribution is -2.49. The summed E-state index contributed by atoms with van der Waals surface area (Å²) in [5, 5.41) is 11.4. The van der Waals surface area contributed by atoms with E-state index in [-0.39, 0.29) is 17.2 Å². The lowest BCUT2D eigenvalue weighted by atomic mass is 10.1. The Morgan fingerprint density at radius 2 is 1.92 bits per heavy atom. The molecule has 8 heteroatoms. The molecule has 1 aliphatic heterocycles. The summed E-state index contributed by atoms with van der Waals surface area (Å²) in [6.07, 6.45) is 1.72.